The summed E-state index contributed by atoms with van der Waals surface area (Å²) in [5, 5.41) is 8.39. The van der Waals surface area contributed by atoms with Gasteiger partial charge in [-0.15, -0.1) is 10.2 Å². The smallest absolute Gasteiger partial charge is 0.230 e. The Balaban J connectivity index is 1.19. The van der Waals surface area contributed by atoms with Gasteiger partial charge in [0.1, 0.15) is 5.75 Å². The lowest BCUT2D eigenvalue weighted by Crippen LogP contribution is -2.48. The second-order valence-electron chi connectivity index (χ2n) is 7.67. The van der Waals surface area contributed by atoms with E-state index in [-0.39, 0.29) is 5.91 Å². The van der Waals surface area contributed by atoms with Crippen molar-refractivity contribution in [3.8, 4) is 5.75 Å². The number of aromatic nitrogens is 2. The van der Waals surface area contributed by atoms with Crippen LogP contribution in [0.1, 0.15) is 48.9 Å². The van der Waals surface area contributed by atoms with Crippen molar-refractivity contribution >= 4 is 5.91 Å². The summed E-state index contributed by atoms with van der Waals surface area (Å²) in [4.78, 5) is 16.8. The van der Waals surface area contributed by atoms with Crippen LogP contribution in [0, 0.1) is 0 Å². The molecule has 0 spiro atoms. The minimum absolute atomic E-state index is 0.223. The molecule has 2 fully saturated rings. The number of hydrogen-bond acceptors (Lipinski definition) is 6. The van der Waals surface area contributed by atoms with E-state index < -0.39 is 0 Å². The summed E-state index contributed by atoms with van der Waals surface area (Å²) in [6.45, 7) is 3.87. The zero-order valence-corrected chi connectivity index (χ0v) is 16.5. The number of piperazine rings is 1. The predicted molar refractivity (Wildman–Crippen MR) is 104 cm³/mol. The van der Waals surface area contributed by atoms with Crippen molar-refractivity contribution in [2.75, 3.05) is 33.3 Å². The van der Waals surface area contributed by atoms with E-state index in [2.05, 4.69) is 15.1 Å². The van der Waals surface area contributed by atoms with Gasteiger partial charge in [-0.25, -0.2) is 0 Å². The Morgan fingerprint density at radius 1 is 1.14 bits per heavy atom. The van der Waals surface area contributed by atoms with Gasteiger partial charge in [-0.05, 0) is 37.0 Å². The zero-order valence-electron chi connectivity index (χ0n) is 16.5. The first-order valence-corrected chi connectivity index (χ1v) is 10.2. The largest absolute Gasteiger partial charge is 0.497 e. The summed E-state index contributed by atoms with van der Waals surface area (Å²) < 4.78 is 11.0. The molecule has 1 aliphatic carbocycles. The number of carbonyl (C=O) groups is 1. The highest BCUT2D eigenvalue weighted by Crippen LogP contribution is 2.35. The molecule has 0 radical (unpaired) electrons. The molecule has 0 bridgehead atoms. The maximum Gasteiger partial charge on any atom is 0.230 e. The molecule has 1 aromatic carbocycles. The van der Waals surface area contributed by atoms with Gasteiger partial charge in [-0.3, -0.25) is 9.69 Å². The third-order valence-corrected chi connectivity index (χ3v) is 5.81. The number of carbonyl (C=O) groups excluding carboxylic acids is 1. The van der Waals surface area contributed by atoms with E-state index in [0.29, 0.717) is 24.8 Å². The number of amides is 1. The van der Waals surface area contributed by atoms with Crippen LogP contribution in [0.4, 0.5) is 0 Å². The van der Waals surface area contributed by atoms with Gasteiger partial charge in [0, 0.05) is 38.5 Å². The van der Waals surface area contributed by atoms with Gasteiger partial charge >= 0.3 is 0 Å². The van der Waals surface area contributed by atoms with Crippen LogP contribution < -0.4 is 4.74 Å². The highest BCUT2D eigenvalue weighted by atomic mass is 16.5. The molecule has 1 saturated heterocycles. The van der Waals surface area contributed by atoms with Crippen molar-refractivity contribution in [1.82, 2.24) is 20.0 Å². The SMILES string of the molecule is COc1ccc(CCC(=O)N2CCN(Cc3nnc(C4CCC4)o3)CC2)cc1. The van der Waals surface area contributed by atoms with E-state index in [1.54, 1.807) is 7.11 Å². The van der Waals surface area contributed by atoms with Gasteiger partial charge in [0.15, 0.2) is 0 Å². The van der Waals surface area contributed by atoms with Gasteiger partial charge in [-0.2, -0.15) is 0 Å². The highest BCUT2D eigenvalue weighted by Gasteiger charge is 2.26. The van der Waals surface area contributed by atoms with Crippen molar-refractivity contribution in [2.24, 2.45) is 0 Å². The number of hydrogen-bond donors (Lipinski definition) is 0. The van der Waals surface area contributed by atoms with Crippen molar-refractivity contribution < 1.29 is 13.9 Å². The Bertz CT molecular complexity index is 777. The second-order valence-corrected chi connectivity index (χ2v) is 7.67. The lowest BCUT2D eigenvalue weighted by atomic mass is 9.85. The fourth-order valence-corrected chi connectivity index (χ4v) is 3.70. The number of ether oxygens (including phenoxy) is 1. The Hall–Kier alpha value is -2.41. The molecule has 0 unspecified atom stereocenters. The Labute approximate surface area is 165 Å². The fourth-order valence-electron chi connectivity index (χ4n) is 3.70. The molecule has 0 N–H and O–H groups in total. The van der Waals surface area contributed by atoms with Crippen LogP contribution in [0.3, 0.4) is 0 Å². The molecule has 2 heterocycles. The molecular formula is C21H28N4O3. The second kappa shape index (κ2) is 8.73. The van der Waals surface area contributed by atoms with Gasteiger partial charge < -0.3 is 14.1 Å². The monoisotopic (exact) mass is 384 g/mol. The molecule has 2 aromatic rings. The fraction of sp³-hybridized carbons (Fsp3) is 0.571. The zero-order chi connectivity index (χ0) is 19.3. The summed E-state index contributed by atoms with van der Waals surface area (Å²) >= 11 is 0. The molecule has 1 saturated carbocycles. The first-order chi connectivity index (χ1) is 13.7. The quantitative estimate of drug-likeness (QED) is 0.731. The molecule has 4 rings (SSSR count). The lowest BCUT2D eigenvalue weighted by molar-refractivity contribution is -0.133. The van der Waals surface area contributed by atoms with Gasteiger partial charge in [0.2, 0.25) is 17.7 Å². The number of nitrogens with zero attached hydrogens (tertiary/aromatic N) is 4. The van der Waals surface area contributed by atoms with Crippen LogP contribution in [-0.4, -0.2) is 59.2 Å². The summed E-state index contributed by atoms with van der Waals surface area (Å²) in [5.41, 5.74) is 1.16. The first-order valence-electron chi connectivity index (χ1n) is 10.2. The minimum Gasteiger partial charge on any atom is -0.497 e. The van der Waals surface area contributed by atoms with Crippen LogP contribution in [0.15, 0.2) is 28.7 Å². The molecule has 150 valence electrons. The van der Waals surface area contributed by atoms with E-state index in [0.717, 1.165) is 49.8 Å². The van der Waals surface area contributed by atoms with Gasteiger partial charge in [0.05, 0.1) is 13.7 Å². The molecule has 2 aliphatic rings. The molecule has 1 amide bonds. The summed E-state index contributed by atoms with van der Waals surface area (Å²) in [6, 6.07) is 7.91. The highest BCUT2D eigenvalue weighted by molar-refractivity contribution is 5.76. The standard InChI is InChI=1S/C21H28N4O3/c1-27-18-8-5-16(6-9-18)7-10-20(26)25-13-11-24(12-14-25)15-19-22-23-21(28-19)17-3-2-4-17/h5-6,8-9,17H,2-4,7,10-15H2,1H3. The van der Waals surface area contributed by atoms with Crippen LogP contribution in [-0.2, 0) is 17.8 Å². The van der Waals surface area contributed by atoms with Crippen molar-refractivity contribution in [2.45, 2.75) is 44.6 Å². The minimum atomic E-state index is 0.223. The van der Waals surface area contributed by atoms with Gasteiger partial charge in [0.25, 0.3) is 0 Å². The topological polar surface area (TPSA) is 71.7 Å². The van der Waals surface area contributed by atoms with E-state index in [4.69, 9.17) is 9.15 Å². The predicted octanol–water partition coefficient (Wildman–Crippen LogP) is 2.62. The molecule has 7 nitrogen and oxygen atoms in total. The molecular weight excluding hydrogens is 356 g/mol. The third kappa shape index (κ3) is 4.52. The first kappa shape index (κ1) is 18.9. The maximum absolute atomic E-state index is 12.5. The molecule has 7 heteroatoms. The Morgan fingerprint density at radius 3 is 2.54 bits per heavy atom. The third-order valence-electron chi connectivity index (χ3n) is 5.81. The van der Waals surface area contributed by atoms with Crippen molar-refractivity contribution in [3.63, 3.8) is 0 Å². The normalized spacial score (nSPS) is 18.1. The molecule has 0 atom stereocenters. The van der Waals surface area contributed by atoms with Crippen LogP contribution in [0.2, 0.25) is 0 Å². The van der Waals surface area contributed by atoms with E-state index in [1.165, 1.54) is 19.3 Å². The van der Waals surface area contributed by atoms with Crippen molar-refractivity contribution in [1.29, 1.82) is 0 Å². The number of benzene rings is 1. The van der Waals surface area contributed by atoms with Crippen LogP contribution >= 0.6 is 0 Å². The Kier molecular flexibility index (Phi) is 5.90. The summed E-state index contributed by atoms with van der Waals surface area (Å²) in [5.74, 6) is 3.03. The number of methoxy groups -OCH3 is 1. The Morgan fingerprint density at radius 2 is 1.89 bits per heavy atom. The number of aryl methyl sites for hydroxylation is 1. The number of rotatable bonds is 7. The summed E-state index contributed by atoms with van der Waals surface area (Å²) in [6.07, 6.45) is 4.89. The molecule has 1 aliphatic heterocycles. The van der Waals surface area contributed by atoms with Crippen LogP contribution in [0.5, 0.6) is 5.75 Å². The van der Waals surface area contributed by atoms with Crippen molar-refractivity contribution in [3.05, 3.63) is 41.6 Å². The van der Waals surface area contributed by atoms with E-state index in [9.17, 15) is 4.79 Å². The van der Waals surface area contributed by atoms with Gasteiger partial charge in [-0.1, -0.05) is 18.6 Å². The van der Waals surface area contributed by atoms with E-state index in [1.807, 2.05) is 29.2 Å². The maximum atomic E-state index is 12.5. The molecule has 28 heavy (non-hydrogen) atoms. The summed E-state index contributed by atoms with van der Waals surface area (Å²) in [7, 11) is 1.66. The average Bonchev–Trinajstić information content (AvgIpc) is 3.13. The van der Waals surface area contributed by atoms with Crippen LogP contribution in [0.25, 0.3) is 0 Å². The van der Waals surface area contributed by atoms with E-state index >= 15 is 0 Å². The average molecular weight is 384 g/mol. The lowest BCUT2D eigenvalue weighted by Gasteiger charge is -2.34. The molecule has 1 aromatic heterocycles.